The van der Waals surface area contributed by atoms with Crippen molar-refractivity contribution in [2.75, 3.05) is 14.2 Å². The maximum atomic E-state index is 10.9. The van der Waals surface area contributed by atoms with E-state index in [1.807, 2.05) is 0 Å². The monoisotopic (exact) mass is 226 g/mol. The van der Waals surface area contributed by atoms with Crippen LogP contribution in [0.3, 0.4) is 0 Å². The second kappa shape index (κ2) is 5.09. The quantitative estimate of drug-likeness (QED) is 0.480. The first-order valence-electron chi connectivity index (χ1n) is 3.52. The molecule has 2 N–H and O–H groups in total. The van der Waals surface area contributed by atoms with Crippen molar-refractivity contribution in [2.24, 2.45) is 0 Å². The Hall–Kier alpha value is -0.910. The molecule has 0 radical (unpaired) electrons. The Kier molecular flexibility index (Phi) is 4.76. The molecule has 0 aliphatic rings. The van der Waals surface area contributed by atoms with E-state index < -0.39 is 31.6 Å². The molecule has 0 aromatic heterocycles. The molecule has 0 aliphatic heterocycles. The molecule has 14 heavy (non-hydrogen) atoms. The van der Waals surface area contributed by atoms with Gasteiger partial charge in [-0.2, -0.15) is 0 Å². The Bertz CT molecular complexity index is 267. The van der Waals surface area contributed by atoms with Crippen LogP contribution in [0, 0.1) is 0 Å². The van der Waals surface area contributed by atoms with E-state index in [1.165, 1.54) is 0 Å². The highest BCUT2D eigenvalue weighted by Crippen LogP contribution is 2.43. The molecule has 0 heterocycles. The van der Waals surface area contributed by atoms with E-state index in [1.54, 1.807) is 0 Å². The summed E-state index contributed by atoms with van der Waals surface area (Å²) in [4.78, 5) is 39.1. The van der Waals surface area contributed by atoms with Crippen molar-refractivity contribution < 1.29 is 33.4 Å². The molecule has 0 aliphatic carbocycles. The van der Waals surface area contributed by atoms with E-state index >= 15 is 0 Å². The summed E-state index contributed by atoms with van der Waals surface area (Å²) >= 11 is 0. The summed E-state index contributed by atoms with van der Waals surface area (Å²) in [6.45, 7) is 0. The van der Waals surface area contributed by atoms with Crippen molar-refractivity contribution >= 4 is 19.5 Å². The summed E-state index contributed by atoms with van der Waals surface area (Å²) < 4.78 is 19.1. The maximum absolute atomic E-state index is 10.9. The number of hydrogen-bond donors (Lipinski definition) is 2. The summed E-state index contributed by atoms with van der Waals surface area (Å²) in [6.07, 6.45) is -0.701. The molecule has 0 aromatic rings. The van der Waals surface area contributed by atoms with E-state index in [2.05, 4.69) is 9.47 Å². The second-order valence-electron chi connectivity index (χ2n) is 2.41. The smallest absolute Gasteiger partial charge is 0.340 e. The average molecular weight is 226 g/mol. The minimum absolute atomic E-state index is 0.701. The lowest BCUT2D eigenvalue weighted by molar-refractivity contribution is -0.147. The number of methoxy groups -OCH3 is 2. The first kappa shape index (κ1) is 13.1. The Morgan fingerprint density at radius 1 is 1.29 bits per heavy atom. The van der Waals surface area contributed by atoms with Crippen molar-refractivity contribution in [3.05, 3.63) is 0 Å². The van der Waals surface area contributed by atoms with Gasteiger partial charge in [0.05, 0.1) is 20.6 Å². The van der Waals surface area contributed by atoms with Crippen LogP contribution in [-0.2, 0) is 23.6 Å². The highest BCUT2D eigenvalue weighted by molar-refractivity contribution is 7.53. The first-order valence-corrected chi connectivity index (χ1v) is 5.21. The van der Waals surface area contributed by atoms with Crippen molar-refractivity contribution in [3.8, 4) is 0 Å². The third-order valence-corrected chi connectivity index (χ3v) is 2.67. The van der Waals surface area contributed by atoms with E-state index in [-0.39, 0.29) is 0 Å². The number of ether oxygens (including phenoxy) is 2. The third kappa shape index (κ3) is 3.87. The van der Waals surface area contributed by atoms with Crippen LogP contribution in [0.4, 0.5) is 0 Å². The molecule has 1 unspecified atom stereocenters. The van der Waals surface area contributed by atoms with Crippen molar-refractivity contribution in [3.63, 3.8) is 0 Å². The van der Waals surface area contributed by atoms with Gasteiger partial charge in [0, 0.05) is 0 Å². The van der Waals surface area contributed by atoms with Gasteiger partial charge < -0.3 is 19.3 Å². The van der Waals surface area contributed by atoms with Gasteiger partial charge in [0.2, 0.25) is 0 Å². The van der Waals surface area contributed by atoms with Crippen LogP contribution in [0.5, 0.6) is 0 Å². The number of hydrogen-bond acceptors (Lipinski definition) is 5. The molecule has 0 rings (SSSR count). The fraction of sp³-hybridized carbons (Fsp3) is 0.667. The van der Waals surface area contributed by atoms with E-state index in [0.717, 1.165) is 14.2 Å². The van der Waals surface area contributed by atoms with Crippen molar-refractivity contribution in [2.45, 2.75) is 12.1 Å². The van der Waals surface area contributed by atoms with E-state index in [0.29, 0.717) is 0 Å². The highest BCUT2D eigenvalue weighted by atomic mass is 31.2. The molecule has 7 nitrogen and oxygen atoms in total. The topological polar surface area (TPSA) is 110 Å². The van der Waals surface area contributed by atoms with Gasteiger partial charge in [0.25, 0.3) is 0 Å². The largest absolute Gasteiger partial charge is 0.469 e. The van der Waals surface area contributed by atoms with E-state index in [9.17, 15) is 14.2 Å². The molecule has 0 fully saturated rings. The van der Waals surface area contributed by atoms with Gasteiger partial charge in [0.1, 0.15) is 0 Å². The van der Waals surface area contributed by atoms with Gasteiger partial charge in [-0.25, -0.2) is 0 Å². The van der Waals surface area contributed by atoms with Crippen molar-refractivity contribution in [1.82, 2.24) is 0 Å². The van der Waals surface area contributed by atoms with Crippen LogP contribution in [0.25, 0.3) is 0 Å². The summed E-state index contributed by atoms with van der Waals surface area (Å²) in [5.41, 5.74) is -1.79. The lowest BCUT2D eigenvalue weighted by atomic mass is 10.3. The number of esters is 2. The normalized spacial score (nSPS) is 13.1. The summed E-state index contributed by atoms with van der Waals surface area (Å²) in [5, 5.41) is 0. The molecular formula is C6H11O7P. The highest BCUT2D eigenvalue weighted by Gasteiger charge is 2.38. The molecular weight excluding hydrogens is 215 g/mol. The average Bonchev–Trinajstić information content (AvgIpc) is 2.10. The van der Waals surface area contributed by atoms with Gasteiger partial charge >= 0.3 is 19.5 Å². The Morgan fingerprint density at radius 3 is 2.07 bits per heavy atom. The molecule has 1 atom stereocenters. The lowest BCUT2D eigenvalue weighted by Crippen LogP contribution is -2.26. The number of carbonyl (C=O) groups is 2. The van der Waals surface area contributed by atoms with Gasteiger partial charge in [-0.05, 0) is 0 Å². The Balaban J connectivity index is 4.67. The predicted molar refractivity (Wildman–Crippen MR) is 44.5 cm³/mol. The lowest BCUT2D eigenvalue weighted by Gasteiger charge is -2.14. The van der Waals surface area contributed by atoms with Gasteiger partial charge in [-0.3, -0.25) is 14.2 Å². The minimum atomic E-state index is -4.69. The van der Waals surface area contributed by atoms with Crippen LogP contribution in [0.2, 0.25) is 0 Å². The summed E-state index contributed by atoms with van der Waals surface area (Å²) in [5.74, 6) is -2.02. The van der Waals surface area contributed by atoms with Crippen LogP contribution in [0.15, 0.2) is 0 Å². The molecule has 0 bridgehead atoms. The zero-order chi connectivity index (χ0) is 11.4. The first-order chi connectivity index (χ1) is 6.32. The van der Waals surface area contributed by atoms with Gasteiger partial charge in [-0.15, -0.1) is 0 Å². The molecule has 0 saturated carbocycles. The summed E-state index contributed by atoms with van der Waals surface area (Å²) in [6, 6.07) is 0. The maximum Gasteiger partial charge on any atom is 0.340 e. The standard InChI is InChI=1S/C6H11O7P/c1-12-5(7)3-4(6(8)13-2)14(9,10)11/h4H,3H2,1-2H3,(H2,9,10,11). The zero-order valence-electron chi connectivity index (χ0n) is 7.67. The van der Waals surface area contributed by atoms with Crippen molar-refractivity contribution in [1.29, 1.82) is 0 Å². The van der Waals surface area contributed by atoms with E-state index in [4.69, 9.17) is 9.79 Å². The van der Waals surface area contributed by atoms with Crippen LogP contribution in [-0.4, -0.2) is 41.6 Å². The molecule has 82 valence electrons. The fourth-order valence-electron chi connectivity index (χ4n) is 0.717. The molecule has 0 saturated heterocycles. The second-order valence-corrected chi connectivity index (χ2v) is 4.21. The van der Waals surface area contributed by atoms with Crippen LogP contribution < -0.4 is 0 Å². The van der Waals surface area contributed by atoms with Crippen LogP contribution >= 0.6 is 7.60 Å². The molecule has 0 aromatic carbocycles. The Morgan fingerprint density at radius 2 is 1.79 bits per heavy atom. The SMILES string of the molecule is COC(=O)CC(C(=O)OC)P(=O)(O)O. The van der Waals surface area contributed by atoms with Crippen LogP contribution in [0.1, 0.15) is 6.42 Å². The minimum Gasteiger partial charge on any atom is -0.469 e. The summed E-state index contributed by atoms with van der Waals surface area (Å²) in [7, 11) is -2.66. The Labute approximate surface area is 80.2 Å². The van der Waals surface area contributed by atoms with Gasteiger partial charge in [-0.1, -0.05) is 0 Å². The number of carbonyl (C=O) groups excluding carboxylic acids is 2. The molecule has 0 amide bonds. The predicted octanol–water partition coefficient (Wildman–Crippen LogP) is -0.731. The third-order valence-electron chi connectivity index (χ3n) is 1.47. The molecule has 0 spiro atoms. The molecule has 8 heteroatoms. The zero-order valence-corrected chi connectivity index (χ0v) is 8.56. The van der Waals surface area contributed by atoms with Gasteiger partial charge in [0.15, 0.2) is 5.66 Å². The fourth-order valence-corrected chi connectivity index (χ4v) is 1.48. The number of rotatable bonds is 4.